The lowest BCUT2D eigenvalue weighted by molar-refractivity contribution is -0.116. The number of halogens is 2. The number of nitrogens with two attached hydrogens (primary N) is 1. The van der Waals surface area contributed by atoms with Crippen LogP contribution in [0.15, 0.2) is 29.2 Å². The Balaban J connectivity index is 2.83. The molecule has 0 spiro atoms. The smallest absolute Gasteiger partial charge is 0.328 e. The Morgan fingerprint density at radius 2 is 1.95 bits per heavy atom. The summed E-state index contributed by atoms with van der Waals surface area (Å²) in [5.41, 5.74) is 5.42. The topological polar surface area (TPSA) is 89.3 Å². The number of nitrogens with one attached hydrogen (secondary N) is 1. The summed E-state index contributed by atoms with van der Waals surface area (Å²) >= 11 is 0. The van der Waals surface area contributed by atoms with Crippen molar-refractivity contribution in [2.24, 2.45) is 5.73 Å². The average Bonchev–Trinajstić information content (AvgIpc) is 2.38. The van der Waals surface area contributed by atoms with Crippen molar-refractivity contribution in [3.05, 3.63) is 24.3 Å². The van der Waals surface area contributed by atoms with Gasteiger partial charge in [-0.25, -0.2) is 8.42 Å². The van der Waals surface area contributed by atoms with Gasteiger partial charge in [0.25, 0.3) is 0 Å². The number of hydrogen-bond acceptors (Lipinski definition) is 4. The Morgan fingerprint density at radius 3 is 2.52 bits per heavy atom. The lowest BCUT2D eigenvalue weighted by Gasteiger charge is -2.11. The standard InChI is InChI=1S/C13H18F2N2O3S/c1-9(16)5-4-8-12(18)17-10-6-2-3-7-11(10)21(19,20)13(14)15/h2-3,6-7,9,13H,4-5,8,16H2,1H3,(H,17,18). The van der Waals surface area contributed by atoms with Crippen LogP contribution in [-0.4, -0.2) is 26.1 Å². The number of anilines is 1. The van der Waals surface area contributed by atoms with Gasteiger partial charge in [0.05, 0.1) is 10.6 Å². The molecule has 0 saturated carbocycles. The number of carbonyl (C=O) groups excluding carboxylic acids is 1. The van der Waals surface area contributed by atoms with Crippen molar-refractivity contribution in [1.82, 2.24) is 0 Å². The van der Waals surface area contributed by atoms with Gasteiger partial charge < -0.3 is 11.1 Å². The maximum atomic E-state index is 12.6. The van der Waals surface area contributed by atoms with Gasteiger partial charge in [-0.1, -0.05) is 12.1 Å². The molecular formula is C13H18F2N2O3S. The van der Waals surface area contributed by atoms with Crippen molar-refractivity contribution in [3.63, 3.8) is 0 Å². The molecule has 0 radical (unpaired) electrons. The van der Waals surface area contributed by atoms with Crippen molar-refractivity contribution in [2.75, 3.05) is 5.32 Å². The third kappa shape index (κ3) is 5.05. The van der Waals surface area contributed by atoms with E-state index in [1.807, 2.05) is 6.92 Å². The molecule has 0 saturated heterocycles. The predicted octanol–water partition coefficient (Wildman–Crippen LogP) is 2.14. The molecule has 5 nitrogen and oxygen atoms in total. The van der Waals surface area contributed by atoms with Crippen LogP contribution in [0.3, 0.4) is 0 Å². The van der Waals surface area contributed by atoms with Gasteiger partial charge in [0, 0.05) is 12.5 Å². The van der Waals surface area contributed by atoms with E-state index in [-0.39, 0.29) is 18.2 Å². The van der Waals surface area contributed by atoms with Crippen molar-refractivity contribution < 1.29 is 22.0 Å². The van der Waals surface area contributed by atoms with Crippen LogP contribution in [0.2, 0.25) is 0 Å². The highest BCUT2D eigenvalue weighted by Crippen LogP contribution is 2.26. The van der Waals surface area contributed by atoms with Crippen LogP contribution in [0.5, 0.6) is 0 Å². The third-order valence-electron chi connectivity index (χ3n) is 2.77. The number of alkyl halides is 2. The van der Waals surface area contributed by atoms with Gasteiger partial charge >= 0.3 is 5.76 Å². The monoisotopic (exact) mass is 320 g/mol. The van der Waals surface area contributed by atoms with E-state index in [1.54, 1.807) is 0 Å². The number of benzene rings is 1. The van der Waals surface area contributed by atoms with Gasteiger partial charge in [-0.2, -0.15) is 8.78 Å². The molecule has 1 rings (SSSR count). The number of amides is 1. The largest absolute Gasteiger partial charge is 0.341 e. The SMILES string of the molecule is CC(N)CCCC(=O)Nc1ccccc1S(=O)(=O)C(F)F. The first kappa shape index (κ1) is 17.5. The van der Waals surface area contributed by atoms with Crippen LogP contribution in [0.25, 0.3) is 0 Å². The molecule has 1 aromatic rings. The minimum absolute atomic E-state index is 0.0377. The first-order valence-electron chi connectivity index (χ1n) is 6.41. The van der Waals surface area contributed by atoms with Gasteiger partial charge in [0.1, 0.15) is 0 Å². The maximum absolute atomic E-state index is 12.6. The zero-order chi connectivity index (χ0) is 16.0. The molecule has 0 aromatic heterocycles. The van der Waals surface area contributed by atoms with Gasteiger partial charge in [0.15, 0.2) is 0 Å². The normalized spacial score (nSPS) is 13.2. The van der Waals surface area contributed by atoms with Gasteiger partial charge in [-0.3, -0.25) is 4.79 Å². The summed E-state index contributed by atoms with van der Waals surface area (Å²) in [6.07, 6.45) is 1.32. The second kappa shape index (κ2) is 7.46. The highest BCUT2D eigenvalue weighted by atomic mass is 32.2. The van der Waals surface area contributed by atoms with Gasteiger partial charge in [0.2, 0.25) is 15.7 Å². The molecule has 1 amide bonds. The van der Waals surface area contributed by atoms with Crippen molar-refractivity contribution in [3.8, 4) is 0 Å². The van der Waals surface area contributed by atoms with Crippen LogP contribution in [0.4, 0.5) is 14.5 Å². The van der Waals surface area contributed by atoms with Crippen molar-refractivity contribution >= 4 is 21.4 Å². The zero-order valence-electron chi connectivity index (χ0n) is 11.6. The van der Waals surface area contributed by atoms with E-state index in [2.05, 4.69) is 5.32 Å². The van der Waals surface area contributed by atoms with Crippen LogP contribution in [0.1, 0.15) is 26.2 Å². The van der Waals surface area contributed by atoms with E-state index in [9.17, 15) is 22.0 Å². The van der Waals surface area contributed by atoms with E-state index >= 15 is 0 Å². The molecule has 0 fully saturated rings. The molecular weight excluding hydrogens is 302 g/mol. The second-order valence-corrected chi connectivity index (χ2v) is 6.61. The first-order valence-corrected chi connectivity index (χ1v) is 7.96. The number of carbonyl (C=O) groups is 1. The number of para-hydroxylation sites is 1. The lowest BCUT2D eigenvalue weighted by atomic mass is 10.1. The fourth-order valence-electron chi connectivity index (χ4n) is 1.71. The Kier molecular flexibility index (Phi) is 6.22. The fraction of sp³-hybridized carbons (Fsp3) is 0.462. The lowest BCUT2D eigenvalue weighted by Crippen LogP contribution is -2.19. The summed E-state index contributed by atoms with van der Waals surface area (Å²) in [5, 5.41) is 2.35. The molecule has 8 heteroatoms. The number of hydrogen-bond donors (Lipinski definition) is 2. The van der Waals surface area contributed by atoms with Gasteiger partial charge in [-0.15, -0.1) is 0 Å². The molecule has 0 aliphatic rings. The second-order valence-electron chi connectivity index (χ2n) is 4.72. The fourth-order valence-corrected chi connectivity index (χ4v) is 2.60. The first-order chi connectivity index (χ1) is 9.75. The molecule has 0 bridgehead atoms. The highest BCUT2D eigenvalue weighted by molar-refractivity contribution is 7.91. The van der Waals surface area contributed by atoms with Crippen molar-refractivity contribution in [2.45, 2.75) is 42.9 Å². The summed E-state index contributed by atoms with van der Waals surface area (Å²) in [6, 6.07) is 5.06. The molecule has 1 atom stereocenters. The molecule has 118 valence electrons. The Morgan fingerprint density at radius 1 is 1.33 bits per heavy atom. The summed E-state index contributed by atoms with van der Waals surface area (Å²) in [6.45, 7) is 1.81. The average molecular weight is 320 g/mol. The van der Waals surface area contributed by atoms with E-state index in [0.717, 1.165) is 6.07 Å². The Hall–Kier alpha value is -1.54. The molecule has 0 aliphatic heterocycles. The van der Waals surface area contributed by atoms with E-state index < -0.39 is 26.4 Å². The number of sulfone groups is 1. The molecule has 3 N–H and O–H groups in total. The summed E-state index contributed by atoms with van der Waals surface area (Å²) in [7, 11) is -4.76. The Bertz CT molecular complexity index is 589. The van der Waals surface area contributed by atoms with Crippen LogP contribution in [-0.2, 0) is 14.6 Å². The molecule has 0 aliphatic carbocycles. The van der Waals surface area contributed by atoms with Gasteiger partial charge in [-0.05, 0) is 31.9 Å². The molecule has 1 unspecified atom stereocenters. The predicted molar refractivity (Wildman–Crippen MR) is 75.8 cm³/mol. The molecule has 0 heterocycles. The molecule has 1 aromatic carbocycles. The van der Waals surface area contributed by atoms with Crippen molar-refractivity contribution in [1.29, 1.82) is 0 Å². The Labute approximate surface area is 122 Å². The van der Waals surface area contributed by atoms with Crippen LogP contribution < -0.4 is 11.1 Å². The van der Waals surface area contributed by atoms with E-state index in [0.29, 0.717) is 12.8 Å². The third-order valence-corrected chi connectivity index (χ3v) is 4.20. The number of rotatable bonds is 7. The summed E-state index contributed by atoms with van der Waals surface area (Å²) in [4.78, 5) is 11.1. The summed E-state index contributed by atoms with van der Waals surface area (Å²) < 4.78 is 48.2. The summed E-state index contributed by atoms with van der Waals surface area (Å²) in [5.74, 6) is -3.97. The zero-order valence-corrected chi connectivity index (χ0v) is 12.4. The molecule has 21 heavy (non-hydrogen) atoms. The van der Waals surface area contributed by atoms with Crippen LogP contribution >= 0.6 is 0 Å². The van der Waals surface area contributed by atoms with E-state index in [4.69, 9.17) is 5.73 Å². The van der Waals surface area contributed by atoms with E-state index in [1.165, 1.54) is 18.2 Å². The minimum Gasteiger partial charge on any atom is -0.328 e. The van der Waals surface area contributed by atoms with Crippen LogP contribution in [0, 0.1) is 0 Å². The highest BCUT2D eigenvalue weighted by Gasteiger charge is 2.29. The minimum atomic E-state index is -4.76. The quantitative estimate of drug-likeness (QED) is 0.805. The maximum Gasteiger partial charge on any atom is 0.341 e.